The Labute approximate surface area is 180 Å². The van der Waals surface area contributed by atoms with E-state index in [9.17, 15) is 10.2 Å². The van der Waals surface area contributed by atoms with Crippen molar-refractivity contribution in [1.29, 1.82) is 0 Å². The number of hydrogen-bond acceptors (Lipinski definition) is 6. The van der Waals surface area contributed by atoms with Crippen LogP contribution in [-0.2, 0) is 17.6 Å². The minimum atomic E-state index is -1.25. The van der Waals surface area contributed by atoms with E-state index < -0.39 is 24.3 Å². The third kappa shape index (κ3) is 5.45. The van der Waals surface area contributed by atoms with Gasteiger partial charge in [-0.2, -0.15) is 0 Å². The molecule has 0 fully saturated rings. The molecule has 1 aliphatic rings. The van der Waals surface area contributed by atoms with Gasteiger partial charge in [-0.05, 0) is 54.0 Å². The molecule has 4 atom stereocenters. The summed E-state index contributed by atoms with van der Waals surface area (Å²) in [6, 6.07) is 12.0. The maximum absolute atomic E-state index is 10.2. The molecule has 3 rings (SSSR count). The predicted molar refractivity (Wildman–Crippen MR) is 116 cm³/mol. The second-order valence-electron chi connectivity index (χ2n) is 7.19. The van der Waals surface area contributed by atoms with Crippen molar-refractivity contribution < 1.29 is 24.8 Å². The van der Waals surface area contributed by atoms with E-state index in [-0.39, 0.29) is 6.10 Å². The van der Waals surface area contributed by atoms with Crippen molar-refractivity contribution in [3.63, 3.8) is 0 Å². The Morgan fingerprint density at radius 2 is 2.00 bits per heavy atom. The molecule has 2 aromatic carbocycles. The molecule has 1 aliphatic heterocycles. The highest BCUT2D eigenvalue weighted by molar-refractivity contribution is 7.99. The molecule has 158 valence electrons. The smallest absolute Gasteiger partial charge is 0.132 e. The largest absolute Gasteiger partial charge is 0.493 e. The molecule has 0 radical (unpaired) electrons. The zero-order valence-electron chi connectivity index (χ0n) is 16.5. The van der Waals surface area contributed by atoms with Crippen LogP contribution in [0.4, 0.5) is 0 Å². The first kappa shape index (κ1) is 22.4. The normalized spacial score (nSPS) is 17.3. The van der Waals surface area contributed by atoms with Crippen LogP contribution in [0.15, 0.2) is 36.4 Å². The van der Waals surface area contributed by atoms with Gasteiger partial charge in [0.2, 0.25) is 0 Å². The Kier molecular flexibility index (Phi) is 7.85. The van der Waals surface area contributed by atoms with Gasteiger partial charge >= 0.3 is 0 Å². The molecule has 2 aromatic rings. The average Bonchev–Trinajstić information content (AvgIpc) is 3.20. The molecule has 0 unspecified atom stereocenters. The van der Waals surface area contributed by atoms with Gasteiger partial charge in [-0.15, -0.1) is 11.8 Å². The first-order chi connectivity index (χ1) is 13.9. The minimum absolute atomic E-state index is 0.322. The number of rotatable bonds is 9. The SMILES string of the molecule is CS[C@@H](O[C@H](C)c1ccc(Cl)c(Cc2ccc3c(c2)CCO3)c1)[C@@H](O)[C@H](O)CO. The lowest BCUT2D eigenvalue weighted by atomic mass is 9.99. The van der Waals surface area contributed by atoms with Gasteiger partial charge in [0, 0.05) is 11.4 Å². The standard InChI is InChI=1S/C22H27ClO5S/c1-13(28-22(29-2)21(26)19(25)12-24)15-4-5-18(23)17(11-15)10-14-3-6-20-16(9-14)7-8-27-20/h3-6,9,11,13,19,21-22,24-26H,7-8,10,12H2,1-2H3/t13-,19-,21+,22-/m1/s1. The van der Waals surface area contributed by atoms with Crippen molar-refractivity contribution >= 4 is 23.4 Å². The van der Waals surface area contributed by atoms with E-state index in [4.69, 9.17) is 26.2 Å². The molecule has 0 aromatic heterocycles. The summed E-state index contributed by atoms with van der Waals surface area (Å²) in [5.74, 6) is 0.961. The summed E-state index contributed by atoms with van der Waals surface area (Å²) in [6.07, 6.45) is 0.666. The minimum Gasteiger partial charge on any atom is -0.493 e. The Hall–Kier alpha value is -1.28. The van der Waals surface area contributed by atoms with Crippen LogP contribution in [0.2, 0.25) is 5.02 Å². The van der Waals surface area contributed by atoms with Crippen LogP contribution in [-0.4, -0.2) is 52.4 Å². The Morgan fingerprint density at radius 3 is 2.72 bits per heavy atom. The van der Waals surface area contributed by atoms with Gasteiger partial charge in [-0.3, -0.25) is 0 Å². The quantitative estimate of drug-likeness (QED) is 0.521. The van der Waals surface area contributed by atoms with Gasteiger partial charge in [0.1, 0.15) is 23.4 Å². The predicted octanol–water partition coefficient (Wildman–Crippen LogP) is 3.35. The molecular weight excluding hydrogens is 412 g/mol. The monoisotopic (exact) mass is 438 g/mol. The lowest BCUT2D eigenvalue weighted by Gasteiger charge is -2.27. The highest BCUT2D eigenvalue weighted by Gasteiger charge is 2.28. The third-order valence-electron chi connectivity index (χ3n) is 5.12. The summed E-state index contributed by atoms with van der Waals surface area (Å²) in [6.45, 7) is 2.10. The number of thioether (sulfide) groups is 1. The lowest BCUT2D eigenvalue weighted by Crippen LogP contribution is -2.39. The summed E-state index contributed by atoms with van der Waals surface area (Å²) < 4.78 is 11.5. The fraction of sp³-hybridized carbons (Fsp3) is 0.455. The topological polar surface area (TPSA) is 79.2 Å². The summed E-state index contributed by atoms with van der Waals surface area (Å²) in [7, 11) is 0. The van der Waals surface area contributed by atoms with E-state index in [0.717, 1.165) is 29.9 Å². The van der Waals surface area contributed by atoms with Crippen LogP contribution < -0.4 is 4.74 Å². The van der Waals surface area contributed by atoms with Crippen molar-refractivity contribution in [2.24, 2.45) is 0 Å². The van der Waals surface area contributed by atoms with Gasteiger partial charge in [-0.25, -0.2) is 0 Å². The van der Waals surface area contributed by atoms with Crippen LogP contribution in [0, 0.1) is 0 Å². The van der Waals surface area contributed by atoms with Crippen LogP contribution in [0.25, 0.3) is 0 Å². The molecule has 29 heavy (non-hydrogen) atoms. The number of halogens is 1. The summed E-state index contributed by atoms with van der Waals surface area (Å²) in [4.78, 5) is 0. The van der Waals surface area contributed by atoms with E-state index in [0.29, 0.717) is 11.4 Å². The summed E-state index contributed by atoms with van der Waals surface area (Å²) in [5.41, 5.74) is 3.66. The van der Waals surface area contributed by atoms with Crippen molar-refractivity contribution in [2.45, 2.75) is 43.5 Å². The number of fused-ring (bicyclic) bond motifs is 1. The van der Waals surface area contributed by atoms with Crippen LogP contribution >= 0.6 is 23.4 Å². The number of benzene rings is 2. The molecule has 0 bridgehead atoms. The fourth-order valence-corrected chi connectivity index (χ4v) is 4.32. The number of aliphatic hydroxyl groups excluding tert-OH is 3. The molecule has 0 aliphatic carbocycles. The maximum Gasteiger partial charge on any atom is 0.132 e. The molecule has 1 heterocycles. The highest BCUT2D eigenvalue weighted by atomic mass is 35.5. The average molecular weight is 439 g/mol. The van der Waals surface area contributed by atoms with Gasteiger partial charge in [0.05, 0.1) is 19.3 Å². The molecule has 0 amide bonds. The van der Waals surface area contributed by atoms with Crippen LogP contribution in [0.3, 0.4) is 0 Å². The molecule has 3 N–H and O–H groups in total. The maximum atomic E-state index is 10.2. The molecule has 0 spiro atoms. The summed E-state index contributed by atoms with van der Waals surface area (Å²) in [5, 5.41) is 29.6. The lowest BCUT2D eigenvalue weighted by molar-refractivity contribution is -0.0866. The van der Waals surface area contributed by atoms with E-state index in [2.05, 4.69) is 12.1 Å². The molecule has 5 nitrogen and oxygen atoms in total. The van der Waals surface area contributed by atoms with E-state index in [1.807, 2.05) is 31.2 Å². The molecule has 7 heteroatoms. The van der Waals surface area contributed by atoms with E-state index >= 15 is 0 Å². The van der Waals surface area contributed by atoms with Gasteiger partial charge in [0.15, 0.2) is 0 Å². The zero-order valence-corrected chi connectivity index (χ0v) is 18.1. The van der Waals surface area contributed by atoms with E-state index in [1.54, 1.807) is 6.26 Å². The number of hydrogen-bond donors (Lipinski definition) is 3. The number of ether oxygens (including phenoxy) is 2. The Balaban J connectivity index is 1.74. The highest BCUT2D eigenvalue weighted by Crippen LogP contribution is 2.31. The van der Waals surface area contributed by atoms with Gasteiger partial charge < -0.3 is 24.8 Å². The van der Waals surface area contributed by atoms with Crippen LogP contribution in [0.5, 0.6) is 5.75 Å². The first-order valence-electron chi connectivity index (χ1n) is 9.61. The van der Waals surface area contributed by atoms with Crippen molar-refractivity contribution in [3.05, 3.63) is 63.7 Å². The third-order valence-corrected chi connectivity index (χ3v) is 6.34. The fourth-order valence-electron chi connectivity index (χ4n) is 3.40. The summed E-state index contributed by atoms with van der Waals surface area (Å²) >= 11 is 7.73. The van der Waals surface area contributed by atoms with Crippen LogP contribution in [0.1, 0.15) is 35.3 Å². The first-order valence-corrected chi connectivity index (χ1v) is 11.3. The molecule has 0 saturated heterocycles. The Morgan fingerprint density at radius 1 is 1.21 bits per heavy atom. The van der Waals surface area contributed by atoms with Gasteiger partial charge in [0.25, 0.3) is 0 Å². The van der Waals surface area contributed by atoms with Gasteiger partial charge in [-0.1, -0.05) is 35.9 Å². The second-order valence-corrected chi connectivity index (χ2v) is 8.53. The van der Waals surface area contributed by atoms with Crippen molar-refractivity contribution in [2.75, 3.05) is 19.5 Å². The van der Waals surface area contributed by atoms with E-state index in [1.165, 1.54) is 22.9 Å². The zero-order chi connectivity index (χ0) is 21.0. The number of aliphatic hydroxyl groups is 3. The second kappa shape index (κ2) is 10.2. The molecule has 0 saturated carbocycles. The van der Waals surface area contributed by atoms with Crippen molar-refractivity contribution in [1.82, 2.24) is 0 Å². The molecular formula is C22H27ClO5S. The Bertz CT molecular complexity index is 831. The van der Waals surface area contributed by atoms with Crippen molar-refractivity contribution in [3.8, 4) is 5.75 Å².